The normalized spacial score (nSPS) is 10.1. The van der Waals surface area contributed by atoms with Gasteiger partial charge >= 0.3 is 0 Å². The molecule has 1 heterocycles. The molecule has 1 N–H and O–H groups in total. The lowest BCUT2D eigenvalue weighted by Gasteiger charge is -2.01. The van der Waals surface area contributed by atoms with Gasteiger partial charge in [-0.1, -0.05) is 11.8 Å². The number of hydrogen-bond acceptors (Lipinski definition) is 4. The van der Waals surface area contributed by atoms with Crippen LogP contribution in [0.3, 0.4) is 0 Å². The summed E-state index contributed by atoms with van der Waals surface area (Å²) in [5.74, 6) is 0.791. The molecule has 16 heavy (non-hydrogen) atoms. The number of nitrogens with one attached hydrogen (secondary N) is 1. The Morgan fingerprint density at radius 3 is 2.69 bits per heavy atom. The molecule has 0 saturated carbocycles. The van der Waals surface area contributed by atoms with Crippen LogP contribution in [0.1, 0.15) is 0 Å². The van der Waals surface area contributed by atoms with Gasteiger partial charge in [0, 0.05) is 17.3 Å². The second-order valence-corrected chi connectivity index (χ2v) is 4.06. The molecule has 0 atom stereocenters. The number of methoxy groups -OCH3 is 1. The summed E-state index contributed by atoms with van der Waals surface area (Å²) in [5, 5.41) is 0.438. The summed E-state index contributed by atoms with van der Waals surface area (Å²) in [6.45, 7) is 0. The minimum atomic E-state index is -0.177. The molecule has 0 aliphatic heterocycles. The average Bonchev–Trinajstić information content (AvgIpc) is 2.33. The van der Waals surface area contributed by atoms with Crippen LogP contribution >= 0.6 is 11.8 Å². The van der Waals surface area contributed by atoms with Crippen molar-refractivity contribution < 1.29 is 4.74 Å². The van der Waals surface area contributed by atoms with Crippen LogP contribution in [0.2, 0.25) is 0 Å². The van der Waals surface area contributed by atoms with Gasteiger partial charge in [-0.3, -0.25) is 4.79 Å². The minimum Gasteiger partial charge on any atom is -0.497 e. The fourth-order valence-corrected chi connectivity index (χ4v) is 1.93. The van der Waals surface area contributed by atoms with Gasteiger partial charge in [0.2, 0.25) is 0 Å². The molecule has 0 unspecified atom stereocenters. The predicted molar refractivity (Wildman–Crippen MR) is 62.0 cm³/mol. The molecule has 0 aliphatic rings. The molecule has 0 amide bonds. The first kappa shape index (κ1) is 10.8. The van der Waals surface area contributed by atoms with Crippen molar-refractivity contribution in [1.29, 1.82) is 0 Å². The van der Waals surface area contributed by atoms with Crippen molar-refractivity contribution in [1.82, 2.24) is 9.97 Å². The maximum Gasteiger partial charge on any atom is 0.280 e. The van der Waals surface area contributed by atoms with Crippen molar-refractivity contribution in [2.45, 2.75) is 9.92 Å². The van der Waals surface area contributed by atoms with Crippen LogP contribution in [-0.2, 0) is 0 Å². The van der Waals surface area contributed by atoms with Crippen molar-refractivity contribution in [2.24, 2.45) is 0 Å². The van der Waals surface area contributed by atoms with Crippen molar-refractivity contribution in [3.63, 3.8) is 0 Å². The quantitative estimate of drug-likeness (QED) is 0.881. The van der Waals surface area contributed by atoms with Crippen molar-refractivity contribution >= 4 is 11.8 Å². The lowest BCUT2D eigenvalue weighted by Crippen LogP contribution is -2.08. The van der Waals surface area contributed by atoms with Gasteiger partial charge in [0.1, 0.15) is 5.75 Å². The molecular weight excluding hydrogens is 224 g/mol. The lowest BCUT2D eigenvalue weighted by atomic mass is 10.3. The molecule has 82 valence electrons. The van der Waals surface area contributed by atoms with E-state index in [1.54, 1.807) is 13.3 Å². The minimum absolute atomic E-state index is 0.177. The third kappa shape index (κ3) is 2.43. The molecule has 0 aliphatic carbocycles. The van der Waals surface area contributed by atoms with E-state index in [0.717, 1.165) is 10.6 Å². The number of hydrogen-bond donors (Lipinski definition) is 1. The van der Waals surface area contributed by atoms with E-state index >= 15 is 0 Å². The van der Waals surface area contributed by atoms with E-state index in [9.17, 15) is 4.79 Å². The van der Waals surface area contributed by atoms with Gasteiger partial charge in [-0.2, -0.15) is 0 Å². The Morgan fingerprint density at radius 2 is 2.06 bits per heavy atom. The van der Waals surface area contributed by atoms with E-state index < -0.39 is 0 Å². The summed E-state index contributed by atoms with van der Waals surface area (Å²) in [7, 11) is 1.62. The topological polar surface area (TPSA) is 55.0 Å². The van der Waals surface area contributed by atoms with E-state index in [2.05, 4.69) is 9.97 Å². The number of H-pyrrole nitrogens is 1. The molecule has 4 nitrogen and oxygen atoms in total. The van der Waals surface area contributed by atoms with Crippen LogP contribution in [0.15, 0.2) is 51.4 Å². The van der Waals surface area contributed by atoms with E-state index in [0.29, 0.717) is 5.03 Å². The Hall–Kier alpha value is -1.75. The first-order valence-corrected chi connectivity index (χ1v) is 5.47. The number of nitrogens with zero attached hydrogens (tertiary/aromatic N) is 1. The van der Waals surface area contributed by atoms with Gasteiger partial charge in [0.25, 0.3) is 5.56 Å². The van der Waals surface area contributed by atoms with Crippen LogP contribution in [0.4, 0.5) is 0 Å². The van der Waals surface area contributed by atoms with Crippen molar-refractivity contribution in [3.8, 4) is 5.75 Å². The second-order valence-electron chi connectivity index (χ2n) is 3.00. The van der Waals surface area contributed by atoms with Crippen molar-refractivity contribution in [3.05, 3.63) is 47.0 Å². The summed E-state index contributed by atoms with van der Waals surface area (Å²) in [5.41, 5.74) is -0.177. The van der Waals surface area contributed by atoms with Gasteiger partial charge in [0.05, 0.1) is 7.11 Å². The maximum atomic E-state index is 11.4. The lowest BCUT2D eigenvalue weighted by molar-refractivity contribution is 0.414. The molecule has 1 aromatic carbocycles. The van der Waals surface area contributed by atoms with Crippen LogP contribution < -0.4 is 10.3 Å². The standard InChI is InChI=1S/C11H10N2O2S/c1-15-8-2-4-9(5-3-8)16-11-10(14)12-6-7-13-11/h2-7H,1H3,(H,12,14). The van der Waals surface area contributed by atoms with Crippen LogP contribution in [0, 0.1) is 0 Å². The van der Waals surface area contributed by atoms with Crippen molar-refractivity contribution in [2.75, 3.05) is 7.11 Å². The van der Waals surface area contributed by atoms with Crippen LogP contribution in [-0.4, -0.2) is 17.1 Å². The van der Waals surface area contributed by atoms with E-state index in [1.165, 1.54) is 18.0 Å². The second kappa shape index (κ2) is 4.85. The molecule has 5 heteroatoms. The average molecular weight is 234 g/mol. The fourth-order valence-electron chi connectivity index (χ4n) is 1.17. The Labute approximate surface area is 96.7 Å². The van der Waals surface area contributed by atoms with Gasteiger partial charge in [-0.05, 0) is 24.3 Å². The summed E-state index contributed by atoms with van der Waals surface area (Å²) in [6.07, 6.45) is 3.08. The zero-order valence-corrected chi connectivity index (χ0v) is 9.45. The van der Waals surface area contributed by atoms with Gasteiger partial charge < -0.3 is 9.72 Å². The monoisotopic (exact) mass is 234 g/mol. The first-order valence-electron chi connectivity index (χ1n) is 4.65. The largest absolute Gasteiger partial charge is 0.497 e. The third-order valence-corrected chi connectivity index (χ3v) is 2.94. The molecule has 2 rings (SSSR count). The Balaban J connectivity index is 2.21. The number of aromatic amines is 1. The molecule has 0 saturated heterocycles. The zero-order valence-electron chi connectivity index (χ0n) is 8.64. The Morgan fingerprint density at radius 1 is 1.31 bits per heavy atom. The smallest absolute Gasteiger partial charge is 0.280 e. The molecule has 1 aromatic heterocycles. The molecular formula is C11H10N2O2S. The number of benzene rings is 1. The van der Waals surface area contributed by atoms with E-state index in [-0.39, 0.29) is 5.56 Å². The predicted octanol–water partition coefficient (Wildman–Crippen LogP) is 1.93. The fraction of sp³-hybridized carbons (Fsp3) is 0.0909. The number of rotatable bonds is 3. The highest BCUT2D eigenvalue weighted by Crippen LogP contribution is 2.24. The van der Waals surface area contributed by atoms with E-state index in [1.807, 2.05) is 24.3 Å². The summed E-state index contributed by atoms with van der Waals surface area (Å²) in [4.78, 5) is 18.9. The zero-order chi connectivity index (χ0) is 11.4. The van der Waals surface area contributed by atoms with Crippen LogP contribution in [0.25, 0.3) is 0 Å². The SMILES string of the molecule is COc1ccc(Sc2ncc[nH]c2=O)cc1. The Kier molecular flexibility index (Phi) is 3.26. The molecule has 0 radical (unpaired) electrons. The molecule has 2 aromatic rings. The number of ether oxygens (including phenoxy) is 1. The maximum absolute atomic E-state index is 11.4. The van der Waals surface area contributed by atoms with E-state index in [4.69, 9.17) is 4.74 Å². The molecule has 0 spiro atoms. The summed E-state index contributed by atoms with van der Waals surface area (Å²) < 4.78 is 5.05. The van der Waals surface area contributed by atoms with Gasteiger partial charge in [-0.25, -0.2) is 4.98 Å². The highest BCUT2D eigenvalue weighted by atomic mass is 32.2. The summed E-state index contributed by atoms with van der Waals surface area (Å²) in [6, 6.07) is 7.47. The summed E-state index contributed by atoms with van der Waals surface area (Å²) >= 11 is 1.32. The highest BCUT2D eigenvalue weighted by molar-refractivity contribution is 7.99. The molecule has 0 bridgehead atoms. The highest BCUT2D eigenvalue weighted by Gasteiger charge is 2.02. The third-order valence-electron chi connectivity index (χ3n) is 1.95. The number of aromatic nitrogens is 2. The molecule has 0 fully saturated rings. The van der Waals surface area contributed by atoms with Gasteiger partial charge in [-0.15, -0.1) is 0 Å². The van der Waals surface area contributed by atoms with Gasteiger partial charge in [0.15, 0.2) is 5.03 Å². The first-order chi connectivity index (χ1) is 7.79. The Bertz CT molecular complexity index is 522. The van der Waals surface area contributed by atoms with Crippen LogP contribution in [0.5, 0.6) is 5.75 Å².